The van der Waals surface area contributed by atoms with Crippen LogP contribution in [0, 0.1) is 6.92 Å². The summed E-state index contributed by atoms with van der Waals surface area (Å²) >= 11 is 7.23. The van der Waals surface area contributed by atoms with Crippen molar-refractivity contribution in [2.75, 3.05) is 5.73 Å². The molecule has 1 aromatic heterocycles. The normalized spacial score (nSPS) is 10.7. The van der Waals surface area contributed by atoms with Gasteiger partial charge >= 0.3 is 5.97 Å². The average molecular weight is 296 g/mol. The predicted molar refractivity (Wildman–Crippen MR) is 80.3 cm³/mol. The molecule has 100 valence electrons. The van der Waals surface area contributed by atoms with Crippen molar-refractivity contribution >= 4 is 34.6 Å². The van der Waals surface area contributed by atoms with Gasteiger partial charge < -0.3 is 10.8 Å². The van der Waals surface area contributed by atoms with Crippen LogP contribution in [0.1, 0.15) is 27.7 Å². The van der Waals surface area contributed by atoms with Crippen molar-refractivity contribution in [3.05, 3.63) is 39.2 Å². The number of hydrogen-bond acceptors (Lipinski definition) is 3. The smallest absolute Gasteiger partial charge is 0.348 e. The Balaban J connectivity index is 2.64. The standard InChI is InChI=1S/C14H14ClNO2S/c1-3-9-11(16)13(14(17)18)19-12(9)8-4-5-10(15)7(2)6-8/h4-6H,3,16H2,1-2H3,(H,17,18). The van der Waals surface area contributed by atoms with E-state index in [4.69, 9.17) is 22.4 Å². The molecule has 0 unspecified atom stereocenters. The zero-order valence-electron chi connectivity index (χ0n) is 10.7. The fourth-order valence-corrected chi connectivity index (χ4v) is 3.27. The summed E-state index contributed by atoms with van der Waals surface area (Å²) in [6.07, 6.45) is 0.701. The molecule has 0 fully saturated rings. The Morgan fingerprint density at radius 2 is 2.16 bits per heavy atom. The molecule has 0 amide bonds. The summed E-state index contributed by atoms with van der Waals surface area (Å²) in [4.78, 5) is 12.3. The number of nitrogen functional groups attached to an aromatic ring is 1. The fourth-order valence-electron chi connectivity index (χ4n) is 2.01. The average Bonchev–Trinajstić information content (AvgIpc) is 2.70. The monoisotopic (exact) mass is 295 g/mol. The van der Waals surface area contributed by atoms with Gasteiger partial charge in [0, 0.05) is 9.90 Å². The number of rotatable bonds is 3. The first-order chi connectivity index (χ1) is 8.95. The molecule has 0 aliphatic heterocycles. The lowest BCUT2D eigenvalue weighted by Gasteiger charge is -2.05. The number of aryl methyl sites for hydroxylation is 1. The highest BCUT2D eigenvalue weighted by Crippen LogP contribution is 2.39. The summed E-state index contributed by atoms with van der Waals surface area (Å²) in [6, 6.07) is 5.67. The quantitative estimate of drug-likeness (QED) is 0.891. The molecular formula is C14H14ClNO2S. The Morgan fingerprint density at radius 3 is 2.68 bits per heavy atom. The van der Waals surface area contributed by atoms with E-state index in [0.29, 0.717) is 17.1 Å². The predicted octanol–water partition coefficient (Wildman–Crippen LogP) is 4.22. The lowest BCUT2D eigenvalue weighted by atomic mass is 10.0. The van der Waals surface area contributed by atoms with E-state index in [-0.39, 0.29) is 4.88 Å². The van der Waals surface area contributed by atoms with Crippen molar-refractivity contribution < 1.29 is 9.90 Å². The molecule has 0 aliphatic carbocycles. The maximum atomic E-state index is 11.2. The highest BCUT2D eigenvalue weighted by atomic mass is 35.5. The zero-order valence-corrected chi connectivity index (χ0v) is 12.2. The number of halogens is 1. The third-order valence-electron chi connectivity index (χ3n) is 3.02. The molecule has 0 aliphatic rings. The Bertz CT molecular complexity index is 649. The van der Waals surface area contributed by atoms with Gasteiger partial charge in [0.15, 0.2) is 0 Å². The van der Waals surface area contributed by atoms with Crippen molar-refractivity contribution in [3.63, 3.8) is 0 Å². The second kappa shape index (κ2) is 5.23. The number of thiophene rings is 1. The van der Waals surface area contributed by atoms with Gasteiger partial charge in [0.25, 0.3) is 0 Å². The lowest BCUT2D eigenvalue weighted by molar-refractivity contribution is 0.0703. The minimum absolute atomic E-state index is 0.208. The summed E-state index contributed by atoms with van der Waals surface area (Å²) in [6.45, 7) is 3.89. The summed E-state index contributed by atoms with van der Waals surface area (Å²) in [5, 5.41) is 9.85. The van der Waals surface area contributed by atoms with Crippen LogP contribution in [-0.2, 0) is 6.42 Å². The van der Waals surface area contributed by atoms with E-state index in [2.05, 4.69) is 0 Å². The Labute approximate surface area is 120 Å². The van der Waals surface area contributed by atoms with Crippen LogP contribution in [0.4, 0.5) is 5.69 Å². The molecule has 1 heterocycles. The Hall–Kier alpha value is -1.52. The third-order valence-corrected chi connectivity index (χ3v) is 4.72. The van der Waals surface area contributed by atoms with E-state index < -0.39 is 5.97 Å². The lowest BCUT2D eigenvalue weighted by Crippen LogP contribution is -1.99. The number of carboxylic acids is 1. The van der Waals surface area contributed by atoms with Crippen LogP contribution >= 0.6 is 22.9 Å². The van der Waals surface area contributed by atoms with Gasteiger partial charge in [0.05, 0.1) is 5.69 Å². The molecule has 0 saturated carbocycles. The summed E-state index contributed by atoms with van der Waals surface area (Å²) in [5.74, 6) is -0.978. The molecule has 3 N–H and O–H groups in total. The molecule has 0 atom stereocenters. The molecule has 0 saturated heterocycles. The number of nitrogens with two attached hydrogens (primary N) is 1. The number of hydrogen-bond donors (Lipinski definition) is 2. The van der Waals surface area contributed by atoms with Gasteiger partial charge in [-0.1, -0.05) is 24.6 Å². The van der Waals surface area contributed by atoms with Gasteiger partial charge in [-0.2, -0.15) is 0 Å². The molecule has 19 heavy (non-hydrogen) atoms. The topological polar surface area (TPSA) is 63.3 Å². The maximum Gasteiger partial charge on any atom is 0.348 e. The van der Waals surface area contributed by atoms with Crippen LogP contribution in [-0.4, -0.2) is 11.1 Å². The Morgan fingerprint density at radius 1 is 1.47 bits per heavy atom. The number of carbonyl (C=O) groups is 1. The van der Waals surface area contributed by atoms with Gasteiger partial charge in [-0.05, 0) is 42.2 Å². The first kappa shape index (κ1) is 13.9. The minimum Gasteiger partial charge on any atom is -0.477 e. The first-order valence-electron chi connectivity index (χ1n) is 5.86. The third kappa shape index (κ3) is 2.46. The van der Waals surface area contributed by atoms with Crippen molar-refractivity contribution in [3.8, 4) is 10.4 Å². The van der Waals surface area contributed by atoms with Crippen LogP contribution in [0.2, 0.25) is 5.02 Å². The summed E-state index contributed by atoms with van der Waals surface area (Å²) in [5.41, 5.74) is 9.12. The molecule has 2 rings (SSSR count). The number of carboxylic acid groups (broad SMARTS) is 1. The maximum absolute atomic E-state index is 11.2. The zero-order chi connectivity index (χ0) is 14.2. The van der Waals surface area contributed by atoms with Crippen molar-refractivity contribution in [1.29, 1.82) is 0 Å². The fraction of sp³-hybridized carbons (Fsp3) is 0.214. The van der Waals surface area contributed by atoms with E-state index >= 15 is 0 Å². The number of benzene rings is 1. The van der Waals surface area contributed by atoms with Gasteiger partial charge in [-0.15, -0.1) is 11.3 Å². The molecule has 3 nitrogen and oxygen atoms in total. The van der Waals surface area contributed by atoms with Gasteiger partial charge in [-0.25, -0.2) is 4.79 Å². The molecule has 0 bridgehead atoms. The van der Waals surface area contributed by atoms with Gasteiger partial charge in [0.2, 0.25) is 0 Å². The van der Waals surface area contributed by atoms with E-state index in [0.717, 1.165) is 21.6 Å². The molecular weight excluding hydrogens is 282 g/mol. The molecule has 0 radical (unpaired) electrons. The summed E-state index contributed by atoms with van der Waals surface area (Å²) in [7, 11) is 0. The van der Waals surface area contributed by atoms with Crippen LogP contribution in [0.3, 0.4) is 0 Å². The first-order valence-corrected chi connectivity index (χ1v) is 7.06. The van der Waals surface area contributed by atoms with Crippen LogP contribution in [0.25, 0.3) is 10.4 Å². The largest absolute Gasteiger partial charge is 0.477 e. The van der Waals surface area contributed by atoms with Crippen molar-refractivity contribution in [2.24, 2.45) is 0 Å². The number of aromatic carboxylic acids is 1. The second-order valence-electron chi connectivity index (χ2n) is 4.28. The van der Waals surface area contributed by atoms with Crippen LogP contribution in [0.5, 0.6) is 0 Å². The molecule has 2 aromatic rings. The van der Waals surface area contributed by atoms with Gasteiger partial charge in [-0.3, -0.25) is 0 Å². The second-order valence-corrected chi connectivity index (χ2v) is 5.70. The minimum atomic E-state index is -0.978. The molecule has 1 aromatic carbocycles. The van der Waals surface area contributed by atoms with Crippen LogP contribution in [0.15, 0.2) is 18.2 Å². The van der Waals surface area contributed by atoms with E-state index in [1.54, 1.807) is 0 Å². The van der Waals surface area contributed by atoms with Crippen molar-refractivity contribution in [1.82, 2.24) is 0 Å². The van der Waals surface area contributed by atoms with E-state index in [9.17, 15) is 4.79 Å². The van der Waals surface area contributed by atoms with E-state index in [1.807, 2.05) is 32.0 Å². The van der Waals surface area contributed by atoms with Crippen LogP contribution < -0.4 is 5.73 Å². The van der Waals surface area contributed by atoms with E-state index in [1.165, 1.54) is 11.3 Å². The van der Waals surface area contributed by atoms with Crippen molar-refractivity contribution in [2.45, 2.75) is 20.3 Å². The van der Waals surface area contributed by atoms with Gasteiger partial charge in [0.1, 0.15) is 4.88 Å². The highest BCUT2D eigenvalue weighted by Gasteiger charge is 2.20. The molecule has 0 spiro atoms. The Kier molecular flexibility index (Phi) is 3.83. The SMILES string of the molecule is CCc1c(-c2ccc(Cl)c(C)c2)sc(C(=O)O)c1N. The number of anilines is 1. The highest BCUT2D eigenvalue weighted by molar-refractivity contribution is 7.18. The summed E-state index contributed by atoms with van der Waals surface area (Å²) < 4.78 is 0. The molecule has 5 heteroatoms.